The first-order valence-electron chi connectivity index (χ1n) is 5.64. The minimum absolute atomic E-state index is 0.179. The van der Waals surface area contributed by atoms with Crippen molar-refractivity contribution in [3.63, 3.8) is 0 Å². The van der Waals surface area contributed by atoms with E-state index in [1.807, 2.05) is 20.8 Å². The molecule has 0 aliphatic rings. The van der Waals surface area contributed by atoms with Crippen LogP contribution < -0.4 is 0 Å². The Labute approximate surface area is 97.0 Å². The van der Waals surface area contributed by atoms with Crippen LogP contribution in [0.2, 0.25) is 0 Å². The molecule has 1 atom stereocenters. The van der Waals surface area contributed by atoms with Crippen LogP contribution in [0.5, 0.6) is 0 Å². The molecule has 16 heavy (non-hydrogen) atoms. The fourth-order valence-corrected chi connectivity index (χ4v) is 1.06. The predicted octanol–water partition coefficient (Wildman–Crippen LogP) is 2.47. The molecule has 4 heteroatoms. The van der Waals surface area contributed by atoms with Gasteiger partial charge in [-0.05, 0) is 32.6 Å². The molecule has 0 radical (unpaired) electrons. The molecule has 0 saturated heterocycles. The second kappa shape index (κ2) is 5.87. The first-order chi connectivity index (χ1) is 7.20. The van der Waals surface area contributed by atoms with Crippen molar-refractivity contribution in [2.75, 3.05) is 0 Å². The van der Waals surface area contributed by atoms with Crippen LogP contribution >= 0.6 is 0 Å². The van der Waals surface area contributed by atoms with Gasteiger partial charge in [-0.3, -0.25) is 4.79 Å². The first kappa shape index (κ1) is 14.9. The smallest absolute Gasteiger partial charge is 0.345 e. The standard InChI is InChI=1S/C12H22O4/c1-6-12(4,5)11(15)16-9(10(13)14)7-8(2)3/h8-9H,6-7H2,1-5H3,(H,13,14). The SMILES string of the molecule is CCC(C)(C)C(=O)OC(CC(C)C)C(=O)O. The summed E-state index contributed by atoms with van der Waals surface area (Å²) < 4.78 is 5.04. The molecule has 0 rings (SSSR count). The Kier molecular flexibility index (Phi) is 5.48. The average Bonchev–Trinajstić information content (AvgIpc) is 2.15. The van der Waals surface area contributed by atoms with E-state index in [-0.39, 0.29) is 5.92 Å². The maximum atomic E-state index is 11.7. The molecule has 0 aromatic rings. The van der Waals surface area contributed by atoms with Crippen LogP contribution in [0.1, 0.15) is 47.5 Å². The summed E-state index contributed by atoms with van der Waals surface area (Å²) >= 11 is 0. The normalized spacial score (nSPS) is 13.6. The molecular weight excluding hydrogens is 208 g/mol. The van der Waals surface area contributed by atoms with Gasteiger partial charge in [-0.2, -0.15) is 0 Å². The third-order valence-electron chi connectivity index (χ3n) is 2.65. The van der Waals surface area contributed by atoms with Gasteiger partial charge in [0.2, 0.25) is 0 Å². The minimum atomic E-state index is -1.08. The van der Waals surface area contributed by atoms with Gasteiger partial charge in [0.15, 0.2) is 6.10 Å². The van der Waals surface area contributed by atoms with Crippen molar-refractivity contribution < 1.29 is 19.4 Å². The van der Waals surface area contributed by atoms with Crippen LogP contribution in [0.3, 0.4) is 0 Å². The second-order valence-corrected chi connectivity index (χ2v) is 5.10. The third-order valence-corrected chi connectivity index (χ3v) is 2.65. The van der Waals surface area contributed by atoms with Crippen LogP contribution in [0.4, 0.5) is 0 Å². The number of carboxylic acid groups (broad SMARTS) is 1. The lowest BCUT2D eigenvalue weighted by atomic mass is 9.90. The largest absolute Gasteiger partial charge is 0.479 e. The summed E-state index contributed by atoms with van der Waals surface area (Å²) in [5.41, 5.74) is -0.620. The second-order valence-electron chi connectivity index (χ2n) is 5.10. The van der Waals surface area contributed by atoms with Gasteiger partial charge in [-0.25, -0.2) is 4.79 Å². The Bertz CT molecular complexity index is 256. The van der Waals surface area contributed by atoms with E-state index >= 15 is 0 Å². The molecule has 0 bridgehead atoms. The number of carbonyl (C=O) groups excluding carboxylic acids is 1. The fourth-order valence-electron chi connectivity index (χ4n) is 1.06. The van der Waals surface area contributed by atoms with Crippen molar-refractivity contribution in [1.82, 2.24) is 0 Å². The summed E-state index contributed by atoms with van der Waals surface area (Å²) in [7, 11) is 0. The molecule has 0 aliphatic heterocycles. The van der Waals surface area contributed by atoms with E-state index in [0.717, 1.165) is 0 Å². The van der Waals surface area contributed by atoms with Gasteiger partial charge >= 0.3 is 11.9 Å². The van der Waals surface area contributed by atoms with Gasteiger partial charge in [0, 0.05) is 0 Å². The molecular formula is C12H22O4. The highest BCUT2D eigenvalue weighted by molar-refractivity contribution is 5.80. The van der Waals surface area contributed by atoms with E-state index < -0.39 is 23.5 Å². The van der Waals surface area contributed by atoms with Crippen molar-refractivity contribution in [1.29, 1.82) is 0 Å². The monoisotopic (exact) mass is 230 g/mol. The molecule has 4 nitrogen and oxygen atoms in total. The number of hydrogen-bond acceptors (Lipinski definition) is 3. The van der Waals surface area contributed by atoms with Crippen LogP contribution in [-0.4, -0.2) is 23.1 Å². The van der Waals surface area contributed by atoms with E-state index in [4.69, 9.17) is 9.84 Å². The Morgan fingerprint density at radius 1 is 1.31 bits per heavy atom. The summed E-state index contributed by atoms with van der Waals surface area (Å²) in [5.74, 6) is -1.34. The maximum absolute atomic E-state index is 11.7. The van der Waals surface area contributed by atoms with Gasteiger partial charge in [0.1, 0.15) is 0 Å². The maximum Gasteiger partial charge on any atom is 0.345 e. The number of carbonyl (C=O) groups is 2. The minimum Gasteiger partial charge on any atom is -0.479 e. The Morgan fingerprint density at radius 3 is 2.12 bits per heavy atom. The van der Waals surface area contributed by atoms with Crippen LogP contribution in [0.15, 0.2) is 0 Å². The molecule has 94 valence electrons. The summed E-state index contributed by atoms with van der Waals surface area (Å²) in [6.45, 7) is 9.18. The van der Waals surface area contributed by atoms with Crippen LogP contribution in [0, 0.1) is 11.3 Å². The van der Waals surface area contributed by atoms with Gasteiger partial charge in [-0.15, -0.1) is 0 Å². The number of carboxylic acids is 1. The van der Waals surface area contributed by atoms with Gasteiger partial charge in [0.25, 0.3) is 0 Å². The summed E-state index contributed by atoms with van der Waals surface area (Å²) in [6.07, 6.45) is -0.0564. The number of ether oxygens (including phenoxy) is 1. The van der Waals surface area contributed by atoms with Gasteiger partial charge in [0.05, 0.1) is 5.41 Å². The molecule has 0 aromatic carbocycles. The van der Waals surface area contributed by atoms with Crippen molar-refractivity contribution in [2.45, 2.75) is 53.6 Å². The summed E-state index contributed by atoms with van der Waals surface area (Å²) in [4.78, 5) is 22.6. The van der Waals surface area contributed by atoms with Gasteiger partial charge < -0.3 is 9.84 Å². The van der Waals surface area contributed by atoms with Crippen molar-refractivity contribution in [3.8, 4) is 0 Å². The Hall–Kier alpha value is -1.06. The zero-order chi connectivity index (χ0) is 12.9. The Morgan fingerprint density at radius 2 is 1.81 bits per heavy atom. The summed E-state index contributed by atoms with van der Waals surface area (Å²) in [5, 5.41) is 8.93. The molecule has 0 saturated carbocycles. The van der Waals surface area contributed by atoms with E-state index in [1.165, 1.54) is 0 Å². The highest BCUT2D eigenvalue weighted by Gasteiger charge is 2.32. The number of rotatable bonds is 6. The van der Waals surface area contributed by atoms with E-state index in [2.05, 4.69) is 0 Å². The number of aliphatic carboxylic acids is 1. The molecule has 1 unspecified atom stereocenters. The lowest BCUT2D eigenvalue weighted by Gasteiger charge is -2.24. The lowest BCUT2D eigenvalue weighted by Crippen LogP contribution is -2.34. The zero-order valence-electron chi connectivity index (χ0n) is 10.7. The van der Waals surface area contributed by atoms with E-state index in [1.54, 1.807) is 13.8 Å². The highest BCUT2D eigenvalue weighted by atomic mass is 16.6. The van der Waals surface area contributed by atoms with Crippen LogP contribution in [0.25, 0.3) is 0 Å². The quantitative estimate of drug-likeness (QED) is 0.712. The van der Waals surface area contributed by atoms with Gasteiger partial charge in [-0.1, -0.05) is 20.8 Å². The molecule has 1 N–H and O–H groups in total. The zero-order valence-corrected chi connectivity index (χ0v) is 10.7. The fraction of sp³-hybridized carbons (Fsp3) is 0.833. The van der Waals surface area contributed by atoms with E-state index in [0.29, 0.717) is 12.8 Å². The predicted molar refractivity (Wildman–Crippen MR) is 61.0 cm³/mol. The summed E-state index contributed by atoms with van der Waals surface area (Å²) in [6, 6.07) is 0. The highest BCUT2D eigenvalue weighted by Crippen LogP contribution is 2.23. The van der Waals surface area contributed by atoms with Crippen molar-refractivity contribution >= 4 is 11.9 Å². The molecule has 0 fully saturated rings. The lowest BCUT2D eigenvalue weighted by molar-refractivity contribution is -0.171. The van der Waals surface area contributed by atoms with Crippen molar-refractivity contribution in [2.24, 2.45) is 11.3 Å². The topological polar surface area (TPSA) is 63.6 Å². The number of esters is 1. The molecule has 0 heterocycles. The molecule has 0 spiro atoms. The number of hydrogen-bond donors (Lipinski definition) is 1. The van der Waals surface area contributed by atoms with Crippen molar-refractivity contribution in [3.05, 3.63) is 0 Å². The van der Waals surface area contributed by atoms with E-state index in [9.17, 15) is 9.59 Å². The van der Waals surface area contributed by atoms with Crippen LogP contribution in [-0.2, 0) is 14.3 Å². The molecule has 0 aliphatic carbocycles. The Balaban J connectivity index is 4.52. The first-order valence-corrected chi connectivity index (χ1v) is 5.64. The average molecular weight is 230 g/mol. The molecule has 0 aromatic heterocycles. The molecule has 0 amide bonds. The third kappa shape index (κ3) is 4.64.